The largest absolute Gasteiger partial charge is 0.375 e. The van der Waals surface area contributed by atoms with Gasteiger partial charge in [0, 0.05) is 27.7 Å². The van der Waals surface area contributed by atoms with Crippen molar-refractivity contribution >= 4 is 44.9 Å². The standard InChI is InChI=1S/C17H13BrClNO3/c1-20-14-7-6-12(19)8-13(14)17(23,16(20)22)9-15(21)10-2-4-11(18)5-3-10/h2-8,23H,9H2,1H3. The first kappa shape index (κ1) is 16.2. The van der Waals surface area contributed by atoms with E-state index in [1.807, 2.05) is 0 Å². The van der Waals surface area contributed by atoms with Crippen molar-refractivity contribution in [2.45, 2.75) is 12.0 Å². The number of aliphatic hydroxyl groups is 1. The normalized spacial score (nSPS) is 19.8. The first-order valence-corrected chi connectivity index (χ1v) is 8.09. The van der Waals surface area contributed by atoms with Crippen LogP contribution >= 0.6 is 27.5 Å². The van der Waals surface area contributed by atoms with E-state index in [0.29, 0.717) is 21.8 Å². The number of carbonyl (C=O) groups is 2. The lowest BCUT2D eigenvalue weighted by Gasteiger charge is -2.21. The van der Waals surface area contributed by atoms with Crippen LogP contribution in [0, 0.1) is 0 Å². The molecule has 1 atom stereocenters. The molecule has 0 fully saturated rings. The molecule has 0 aliphatic carbocycles. The minimum absolute atomic E-state index is 0.311. The minimum atomic E-state index is -1.89. The molecule has 1 amide bonds. The number of fused-ring (bicyclic) bond motifs is 1. The Labute approximate surface area is 146 Å². The van der Waals surface area contributed by atoms with Crippen LogP contribution in [0.5, 0.6) is 0 Å². The molecule has 1 aliphatic heterocycles. The van der Waals surface area contributed by atoms with Crippen molar-refractivity contribution in [3.05, 3.63) is 63.1 Å². The second-order valence-electron chi connectivity index (χ2n) is 5.49. The van der Waals surface area contributed by atoms with Gasteiger partial charge in [-0.3, -0.25) is 9.59 Å². The Morgan fingerprint density at radius 3 is 2.57 bits per heavy atom. The monoisotopic (exact) mass is 393 g/mol. The number of hydrogen-bond acceptors (Lipinski definition) is 3. The zero-order valence-electron chi connectivity index (χ0n) is 12.2. The summed E-state index contributed by atoms with van der Waals surface area (Å²) < 4.78 is 0.849. The maximum atomic E-state index is 12.5. The number of amides is 1. The molecule has 0 spiro atoms. The zero-order chi connectivity index (χ0) is 16.8. The van der Waals surface area contributed by atoms with E-state index in [9.17, 15) is 14.7 Å². The van der Waals surface area contributed by atoms with E-state index in [4.69, 9.17) is 11.6 Å². The van der Waals surface area contributed by atoms with Crippen molar-refractivity contribution in [3.63, 3.8) is 0 Å². The molecule has 0 aromatic heterocycles. The molecule has 2 aromatic rings. The summed E-state index contributed by atoms with van der Waals surface area (Å²) in [4.78, 5) is 26.3. The Balaban J connectivity index is 1.98. The smallest absolute Gasteiger partial charge is 0.263 e. The number of rotatable bonds is 3. The highest BCUT2D eigenvalue weighted by molar-refractivity contribution is 9.10. The fourth-order valence-corrected chi connectivity index (χ4v) is 3.21. The summed E-state index contributed by atoms with van der Waals surface area (Å²) in [5.41, 5.74) is -0.528. The van der Waals surface area contributed by atoms with Crippen LogP contribution in [0.2, 0.25) is 5.02 Å². The topological polar surface area (TPSA) is 57.6 Å². The molecular weight excluding hydrogens is 382 g/mol. The van der Waals surface area contributed by atoms with Gasteiger partial charge in [0.1, 0.15) is 0 Å². The van der Waals surface area contributed by atoms with Gasteiger partial charge in [0.05, 0.1) is 12.1 Å². The Morgan fingerprint density at radius 1 is 1.26 bits per heavy atom. The number of nitrogens with zero attached hydrogens (tertiary/aromatic N) is 1. The van der Waals surface area contributed by atoms with Crippen molar-refractivity contribution in [1.82, 2.24) is 0 Å². The third kappa shape index (κ3) is 2.69. The van der Waals surface area contributed by atoms with Gasteiger partial charge in [0.15, 0.2) is 11.4 Å². The summed E-state index contributed by atoms with van der Waals surface area (Å²) in [7, 11) is 1.57. The number of likely N-dealkylation sites (N-methyl/N-ethyl adjacent to an activating group) is 1. The van der Waals surface area contributed by atoms with Crippen LogP contribution in [0.3, 0.4) is 0 Å². The van der Waals surface area contributed by atoms with Crippen LogP contribution in [-0.2, 0) is 10.4 Å². The number of ketones is 1. The minimum Gasteiger partial charge on any atom is -0.375 e. The number of Topliss-reactive ketones (excluding diaryl/α,β-unsaturated/α-hetero) is 1. The first-order valence-electron chi connectivity index (χ1n) is 6.92. The fraction of sp³-hybridized carbons (Fsp3) is 0.176. The number of carbonyl (C=O) groups excluding carboxylic acids is 2. The summed E-state index contributed by atoms with van der Waals surface area (Å²) >= 11 is 9.29. The van der Waals surface area contributed by atoms with Crippen molar-refractivity contribution in [2.24, 2.45) is 0 Å². The number of benzene rings is 2. The highest BCUT2D eigenvalue weighted by atomic mass is 79.9. The first-order chi connectivity index (χ1) is 10.8. The molecule has 3 rings (SSSR count). The average Bonchev–Trinajstić information content (AvgIpc) is 2.70. The van der Waals surface area contributed by atoms with Crippen LogP contribution in [0.4, 0.5) is 5.69 Å². The number of halogens is 2. The Hall–Kier alpha value is -1.69. The van der Waals surface area contributed by atoms with Gasteiger partial charge < -0.3 is 10.0 Å². The van der Waals surface area contributed by atoms with E-state index < -0.39 is 11.5 Å². The number of hydrogen-bond donors (Lipinski definition) is 1. The fourth-order valence-electron chi connectivity index (χ4n) is 2.78. The van der Waals surface area contributed by atoms with Gasteiger partial charge in [-0.2, -0.15) is 0 Å². The zero-order valence-corrected chi connectivity index (χ0v) is 14.6. The van der Waals surface area contributed by atoms with Crippen LogP contribution < -0.4 is 4.90 Å². The van der Waals surface area contributed by atoms with Gasteiger partial charge in [-0.15, -0.1) is 0 Å². The summed E-state index contributed by atoms with van der Waals surface area (Å²) in [6.45, 7) is 0. The molecule has 118 valence electrons. The third-order valence-corrected chi connectivity index (χ3v) is 4.77. The second kappa shape index (κ2) is 5.74. The van der Waals surface area contributed by atoms with Gasteiger partial charge in [-0.05, 0) is 30.3 Å². The van der Waals surface area contributed by atoms with E-state index in [-0.39, 0.29) is 12.2 Å². The average molecular weight is 395 g/mol. The Bertz CT molecular complexity index is 806. The van der Waals surface area contributed by atoms with E-state index in [0.717, 1.165) is 4.47 Å². The lowest BCUT2D eigenvalue weighted by molar-refractivity contribution is -0.135. The maximum absolute atomic E-state index is 12.5. The SMILES string of the molecule is CN1C(=O)C(O)(CC(=O)c2ccc(Br)cc2)c2cc(Cl)ccc21. The molecule has 0 radical (unpaired) electrons. The summed E-state index contributed by atoms with van der Waals surface area (Å²) in [5.74, 6) is -0.838. The van der Waals surface area contributed by atoms with Crippen molar-refractivity contribution in [2.75, 3.05) is 11.9 Å². The molecular formula is C17H13BrClNO3. The van der Waals surface area contributed by atoms with Gasteiger partial charge in [0.2, 0.25) is 0 Å². The molecule has 1 unspecified atom stereocenters. The van der Waals surface area contributed by atoms with E-state index in [1.54, 1.807) is 43.4 Å². The van der Waals surface area contributed by atoms with E-state index in [2.05, 4.69) is 15.9 Å². The van der Waals surface area contributed by atoms with Gasteiger partial charge in [-0.25, -0.2) is 0 Å². The molecule has 0 bridgehead atoms. The molecule has 1 aliphatic rings. The molecule has 4 nitrogen and oxygen atoms in total. The van der Waals surface area contributed by atoms with Gasteiger partial charge in [-0.1, -0.05) is 39.7 Å². The Kier molecular flexibility index (Phi) is 4.04. The maximum Gasteiger partial charge on any atom is 0.263 e. The molecule has 0 saturated carbocycles. The molecule has 2 aromatic carbocycles. The predicted octanol–water partition coefficient (Wildman–Crippen LogP) is 3.54. The molecule has 1 heterocycles. The molecule has 23 heavy (non-hydrogen) atoms. The van der Waals surface area contributed by atoms with Crippen LogP contribution in [0.15, 0.2) is 46.9 Å². The van der Waals surface area contributed by atoms with Crippen LogP contribution in [0.25, 0.3) is 0 Å². The van der Waals surface area contributed by atoms with E-state index in [1.165, 1.54) is 11.0 Å². The third-order valence-electron chi connectivity index (χ3n) is 4.01. The highest BCUT2D eigenvalue weighted by Crippen LogP contribution is 2.43. The van der Waals surface area contributed by atoms with Gasteiger partial charge in [0.25, 0.3) is 5.91 Å². The predicted molar refractivity (Wildman–Crippen MR) is 91.8 cm³/mol. The quantitative estimate of drug-likeness (QED) is 0.810. The van der Waals surface area contributed by atoms with Gasteiger partial charge >= 0.3 is 0 Å². The lowest BCUT2D eigenvalue weighted by atomic mass is 9.88. The molecule has 0 saturated heterocycles. The van der Waals surface area contributed by atoms with Crippen molar-refractivity contribution in [3.8, 4) is 0 Å². The lowest BCUT2D eigenvalue weighted by Crippen LogP contribution is -2.40. The van der Waals surface area contributed by atoms with Crippen LogP contribution in [-0.4, -0.2) is 23.8 Å². The Morgan fingerprint density at radius 2 is 1.91 bits per heavy atom. The second-order valence-corrected chi connectivity index (χ2v) is 6.84. The van der Waals surface area contributed by atoms with E-state index >= 15 is 0 Å². The summed E-state index contributed by atoms with van der Waals surface area (Å²) in [5, 5.41) is 11.3. The highest BCUT2D eigenvalue weighted by Gasteiger charge is 2.49. The van der Waals surface area contributed by atoms with Crippen molar-refractivity contribution < 1.29 is 14.7 Å². The summed E-state index contributed by atoms with van der Waals surface area (Å²) in [6, 6.07) is 11.6. The summed E-state index contributed by atoms with van der Waals surface area (Å²) in [6.07, 6.45) is -0.328. The number of anilines is 1. The van der Waals surface area contributed by atoms with Crippen LogP contribution in [0.1, 0.15) is 22.3 Å². The molecule has 6 heteroatoms. The van der Waals surface area contributed by atoms with Crippen molar-refractivity contribution in [1.29, 1.82) is 0 Å². The molecule has 1 N–H and O–H groups in total.